The maximum absolute atomic E-state index is 5.86. The van der Waals surface area contributed by atoms with Crippen molar-refractivity contribution in [1.82, 2.24) is 0 Å². The van der Waals surface area contributed by atoms with E-state index in [1.165, 1.54) is 36.9 Å². The molecule has 1 unspecified atom stereocenters. The van der Waals surface area contributed by atoms with E-state index in [9.17, 15) is 0 Å². The predicted octanol–water partition coefficient (Wildman–Crippen LogP) is 3.40. The van der Waals surface area contributed by atoms with E-state index >= 15 is 0 Å². The van der Waals surface area contributed by atoms with E-state index in [1.54, 1.807) is 0 Å². The Balaban J connectivity index is 2.40. The molecular weight excluding hydrogens is 240 g/mol. The summed E-state index contributed by atoms with van der Waals surface area (Å²) in [5.74, 6) is 0. The molecule has 18 heavy (non-hydrogen) atoms. The van der Waals surface area contributed by atoms with Crippen LogP contribution in [0.15, 0.2) is 18.2 Å². The molecule has 1 heterocycles. The quantitative estimate of drug-likeness (QED) is 0.828. The van der Waals surface area contributed by atoms with Gasteiger partial charge in [0.25, 0.3) is 0 Å². The lowest BCUT2D eigenvalue weighted by atomic mass is 10.1. The van der Waals surface area contributed by atoms with Crippen molar-refractivity contribution in [2.75, 3.05) is 11.4 Å². The van der Waals surface area contributed by atoms with Gasteiger partial charge in [0.2, 0.25) is 0 Å². The summed E-state index contributed by atoms with van der Waals surface area (Å²) in [5, 5.41) is 0. The number of benzene rings is 1. The first-order chi connectivity index (χ1) is 8.59. The maximum atomic E-state index is 5.86. The molecule has 1 saturated heterocycles. The van der Waals surface area contributed by atoms with Gasteiger partial charge in [-0.25, -0.2) is 0 Å². The Bertz CT molecular complexity index is 442. The van der Waals surface area contributed by atoms with Crippen molar-refractivity contribution in [1.29, 1.82) is 0 Å². The molecule has 1 aromatic rings. The number of nitrogens with two attached hydrogens (primary N) is 1. The van der Waals surface area contributed by atoms with E-state index in [0.29, 0.717) is 11.0 Å². The fourth-order valence-electron chi connectivity index (χ4n) is 2.72. The molecule has 0 amide bonds. The lowest BCUT2D eigenvalue weighted by molar-refractivity contribution is 0.616. The number of nitrogens with zero attached hydrogens (tertiary/aromatic N) is 1. The van der Waals surface area contributed by atoms with Gasteiger partial charge in [0.05, 0.1) is 0 Å². The Morgan fingerprint density at radius 3 is 2.83 bits per heavy atom. The van der Waals surface area contributed by atoms with Crippen molar-refractivity contribution < 1.29 is 0 Å². The summed E-state index contributed by atoms with van der Waals surface area (Å²) >= 11 is 5.19. The molecule has 1 aliphatic heterocycles. The van der Waals surface area contributed by atoms with Crippen molar-refractivity contribution in [2.24, 2.45) is 5.73 Å². The van der Waals surface area contributed by atoms with Crippen LogP contribution in [0.3, 0.4) is 0 Å². The number of anilines is 1. The Kier molecular flexibility index (Phi) is 4.23. The standard InChI is InChI=1S/C15H22N2S/c1-11-7-8-13(15(16)18)14(10-11)17-9-5-3-4-6-12(17)2/h7-8,10,12H,3-6,9H2,1-2H3,(H2,16,18). The third kappa shape index (κ3) is 2.83. The summed E-state index contributed by atoms with van der Waals surface area (Å²) < 4.78 is 0. The molecule has 0 saturated carbocycles. The van der Waals surface area contributed by atoms with Gasteiger partial charge >= 0.3 is 0 Å². The Morgan fingerprint density at radius 1 is 1.33 bits per heavy atom. The molecule has 1 aliphatic rings. The van der Waals surface area contributed by atoms with Gasteiger partial charge in [0, 0.05) is 23.8 Å². The van der Waals surface area contributed by atoms with Crippen LogP contribution in [0.25, 0.3) is 0 Å². The monoisotopic (exact) mass is 262 g/mol. The summed E-state index contributed by atoms with van der Waals surface area (Å²) in [6.45, 7) is 5.53. The SMILES string of the molecule is Cc1ccc(C(N)=S)c(N2CCCCCC2C)c1. The Labute approximate surface area is 115 Å². The van der Waals surface area contributed by atoms with Gasteiger partial charge in [-0.2, -0.15) is 0 Å². The lowest BCUT2D eigenvalue weighted by Gasteiger charge is -2.31. The number of aryl methyl sites for hydroxylation is 1. The van der Waals surface area contributed by atoms with Crippen LogP contribution in [-0.2, 0) is 0 Å². The average molecular weight is 262 g/mol. The minimum atomic E-state index is 0.501. The van der Waals surface area contributed by atoms with Gasteiger partial charge < -0.3 is 10.6 Å². The summed E-state index contributed by atoms with van der Waals surface area (Å²) in [5.41, 5.74) is 9.36. The Hall–Kier alpha value is -1.09. The highest BCUT2D eigenvalue weighted by atomic mass is 32.1. The van der Waals surface area contributed by atoms with Crippen LogP contribution in [0, 0.1) is 6.92 Å². The average Bonchev–Trinajstić information content (AvgIpc) is 2.53. The molecule has 98 valence electrons. The first-order valence-corrected chi connectivity index (χ1v) is 7.17. The van der Waals surface area contributed by atoms with E-state index in [4.69, 9.17) is 18.0 Å². The van der Waals surface area contributed by atoms with Crippen molar-refractivity contribution in [3.63, 3.8) is 0 Å². The van der Waals surface area contributed by atoms with Crippen molar-refractivity contribution in [3.05, 3.63) is 29.3 Å². The summed E-state index contributed by atoms with van der Waals surface area (Å²) in [6.07, 6.45) is 5.17. The number of hydrogen-bond acceptors (Lipinski definition) is 2. The second kappa shape index (κ2) is 5.70. The van der Waals surface area contributed by atoms with Crippen LogP contribution < -0.4 is 10.6 Å². The minimum absolute atomic E-state index is 0.501. The van der Waals surface area contributed by atoms with Crippen molar-refractivity contribution >= 4 is 22.9 Å². The third-order valence-corrected chi connectivity index (χ3v) is 4.00. The highest BCUT2D eigenvalue weighted by Gasteiger charge is 2.20. The lowest BCUT2D eigenvalue weighted by Crippen LogP contribution is -2.34. The van der Waals surface area contributed by atoms with Gasteiger partial charge in [-0.15, -0.1) is 0 Å². The first-order valence-electron chi connectivity index (χ1n) is 6.76. The molecule has 0 radical (unpaired) electrons. The molecule has 2 nitrogen and oxygen atoms in total. The van der Waals surface area contributed by atoms with Gasteiger partial charge in [-0.3, -0.25) is 0 Å². The molecule has 0 spiro atoms. The van der Waals surface area contributed by atoms with Crippen molar-refractivity contribution in [2.45, 2.75) is 45.6 Å². The Morgan fingerprint density at radius 2 is 2.11 bits per heavy atom. The second-order valence-electron chi connectivity index (χ2n) is 5.28. The van der Waals surface area contributed by atoms with Gasteiger partial charge in [0.1, 0.15) is 4.99 Å². The molecule has 1 aromatic carbocycles. The first kappa shape index (κ1) is 13.3. The van der Waals surface area contributed by atoms with Crippen LogP contribution in [0.4, 0.5) is 5.69 Å². The highest BCUT2D eigenvalue weighted by Crippen LogP contribution is 2.28. The zero-order valence-corrected chi connectivity index (χ0v) is 12.1. The van der Waals surface area contributed by atoms with E-state index in [-0.39, 0.29) is 0 Å². The second-order valence-corrected chi connectivity index (χ2v) is 5.72. The molecule has 0 bridgehead atoms. The molecule has 2 rings (SSSR count). The molecule has 2 N–H and O–H groups in total. The molecule has 0 aromatic heterocycles. The normalized spacial score (nSPS) is 20.6. The van der Waals surface area contributed by atoms with E-state index < -0.39 is 0 Å². The van der Waals surface area contributed by atoms with Crippen LogP contribution in [0.5, 0.6) is 0 Å². The smallest absolute Gasteiger partial charge is 0.106 e. The molecule has 0 aliphatic carbocycles. The molecule has 3 heteroatoms. The number of thiocarbonyl (C=S) groups is 1. The van der Waals surface area contributed by atoms with Crippen LogP contribution in [0.1, 0.15) is 43.7 Å². The zero-order valence-electron chi connectivity index (χ0n) is 11.3. The van der Waals surface area contributed by atoms with Crippen LogP contribution >= 0.6 is 12.2 Å². The van der Waals surface area contributed by atoms with E-state index in [2.05, 4.69) is 36.9 Å². The molecule has 1 atom stereocenters. The van der Waals surface area contributed by atoms with Crippen LogP contribution in [-0.4, -0.2) is 17.6 Å². The maximum Gasteiger partial charge on any atom is 0.106 e. The van der Waals surface area contributed by atoms with Gasteiger partial charge in [-0.1, -0.05) is 31.1 Å². The summed E-state index contributed by atoms with van der Waals surface area (Å²) in [4.78, 5) is 2.98. The highest BCUT2D eigenvalue weighted by molar-refractivity contribution is 7.80. The van der Waals surface area contributed by atoms with Crippen LogP contribution in [0.2, 0.25) is 0 Å². The molecular formula is C15H22N2S. The minimum Gasteiger partial charge on any atom is -0.389 e. The van der Waals surface area contributed by atoms with Gasteiger partial charge in [-0.05, 0) is 44.4 Å². The fourth-order valence-corrected chi connectivity index (χ4v) is 2.89. The number of hydrogen-bond donors (Lipinski definition) is 1. The topological polar surface area (TPSA) is 29.3 Å². The summed E-state index contributed by atoms with van der Waals surface area (Å²) in [7, 11) is 0. The van der Waals surface area contributed by atoms with E-state index in [0.717, 1.165) is 12.1 Å². The third-order valence-electron chi connectivity index (χ3n) is 3.78. The van der Waals surface area contributed by atoms with Crippen molar-refractivity contribution in [3.8, 4) is 0 Å². The largest absolute Gasteiger partial charge is 0.389 e. The van der Waals surface area contributed by atoms with E-state index in [1.807, 2.05) is 0 Å². The number of rotatable bonds is 2. The predicted molar refractivity (Wildman–Crippen MR) is 82.3 cm³/mol. The van der Waals surface area contributed by atoms with Gasteiger partial charge in [0.15, 0.2) is 0 Å². The summed E-state index contributed by atoms with van der Waals surface area (Å²) in [6, 6.07) is 6.93. The fraction of sp³-hybridized carbons (Fsp3) is 0.533. The molecule has 1 fully saturated rings. The zero-order chi connectivity index (χ0) is 13.1.